The second-order valence-electron chi connectivity index (χ2n) is 5.87. The van der Waals surface area contributed by atoms with E-state index in [1.165, 1.54) is 17.9 Å². The quantitative estimate of drug-likeness (QED) is 0.830. The predicted octanol–water partition coefficient (Wildman–Crippen LogP) is 1.02. The van der Waals surface area contributed by atoms with E-state index in [0.717, 1.165) is 19.6 Å². The Balaban J connectivity index is 1.95. The number of rotatable bonds is 4. The lowest BCUT2D eigenvalue weighted by Crippen LogP contribution is -2.49. The fraction of sp³-hybridized carbons (Fsp3) is 0.389. The van der Waals surface area contributed by atoms with Crippen LogP contribution in [0.2, 0.25) is 0 Å². The fourth-order valence-corrected chi connectivity index (χ4v) is 2.92. The lowest BCUT2D eigenvalue weighted by molar-refractivity contribution is 0.0632. The van der Waals surface area contributed by atoms with Gasteiger partial charge in [0.25, 0.3) is 11.5 Å². The molecule has 0 N–H and O–H groups in total. The number of hydrogen-bond acceptors (Lipinski definition) is 5. The summed E-state index contributed by atoms with van der Waals surface area (Å²) >= 11 is 0. The normalized spacial score (nSPS) is 15.2. The zero-order valence-electron chi connectivity index (χ0n) is 14.5. The van der Waals surface area contributed by atoms with E-state index in [2.05, 4.69) is 16.9 Å². The Morgan fingerprint density at radius 3 is 2.44 bits per heavy atom. The maximum absolute atomic E-state index is 12.9. The number of para-hydroxylation sites is 1. The standard InChI is InChI=1S/C18H22N4O3/c1-3-20-9-11-21(12-10-20)18(24)17-15(25-2)13-16(23)22(19-17)14-7-5-4-6-8-14/h4-8,13H,3,9-12H2,1-2H3. The average molecular weight is 342 g/mol. The van der Waals surface area contributed by atoms with Gasteiger partial charge in [-0.05, 0) is 18.7 Å². The van der Waals surface area contributed by atoms with Crippen molar-refractivity contribution in [2.24, 2.45) is 0 Å². The maximum atomic E-state index is 12.9. The van der Waals surface area contributed by atoms with Crippen LogP contribution in [0.3, 0.4) is 0 Å². The van der Waals surface area contributed by atoms with Crippen LogP contribution < -0.4 is 10.3 Å². The molecular formula is C18H22N4O3. The first-order chi connectivity index (χ1) is 12.1. The minimum absolute atomic E-state index is 0.163. The molecule has 0 bridgehead atoms. The molecule has 2 aromatic rings. The van der Waals surface area contributed by atoms with Gasteiger partial charge >= 0.3 is 0 Å². The van der Waals surface area contributed by atoms with Crippen LogP contribution in [0.5, 0.6) is 5.75 Å². The number of methoxy groups -OCH3 is 1. The minimum atomic E-state index is -0.338. The van der Waals surface area contributed by atoms with Gasteiger partial charge in [-0.15, -0.1) is 0 Å². The first kappa shape index (κ1) is 17.2. The summed E-state index contributed by atoms with van der Waals surface area (Å²) < 4.78 is 6.47. The van der Waals surface area contributed by atoms with Gasteiger partial charge in [0, 0.05) is 26.2 Å². The molecule has 0 aliphatic carbocycles. The number of ether oxygens (including phenoxy) is 1. The maximum Gasteiger partial charge on any atom is 0.278 e. The van der Waals surface area contributed by atoms with E-state index >= 15 is 0 Å². The Kier molecular flexibility index (Phi) is 5.14. The van der Waals surface area contributed by atoms with Crippen LogP contribution in [0.4, 0.5) is 0 Å². The van der Waals surface area contributed by atoms with Crippen molar-refractivity contribution in [3.05, 3.63) is 52.4 Å². The molecule has 1 aliphatic rings. The van der Waals surface area contributed by atoms with E-state index in [4.69, 9.17) is 4.74 Å². The summed E-state index contributed by atoms with van der Waals surface area (Å²) in [6.07, 6.45) is 0. The summed E-state index contributed by atoms with van der Waals surface area (Å²) in [6.45, 7) is 6.04. The average Bonchev–Trinajstić information content (AvgIpc) is 2.68. The molecule has 25 heavy (non-hydrogen) atoms. The second kappa shape index (κ2) is 7.48. The highest BCUT2D eigenvalue weighted by Gasteiger charge is 2.26. The molecule has 0 saturated carbocycles. The number of aromatic nitrogens is 2. The molecule has 1 saturated heterocycles. The molecule has 0 unspecified atom stereocenters. The molecule has 1 aromatic carbocycles. The first-order valence-corrected chi connectivity index (χ1v) is 8.39. The van der Waals surface area contributed by atoms with E-state index in [0.29, 0.717) is 18.8 Å². The molecule has 1 fully saturated rings. The van der Waals surface area contributed by atoms with E-state index in [1.807, 2.05) is 18.2 Å². The van der Waals surface area contributed by atoms with Gasteiger partial charge in [0.2, 0.25) is 0 Å². The van der Waals surface area contributed by atoms with Gasteiger partial charge < -0.3 is 14.5 Å². The molecule has 0 radical (unpaired) electrons. The van der Waals surface area contributed by atoms with Gasteiger partial charge in [-0.2, -0.15) is 9.78 Å². The Morgan fingerprint density at radius 1 is 1.16 bits per heavy atom. The van der Waals surface area contributed by atoms with E-state index < -0.39 is 0 Å². The van der Waals surface area contributed by atoms with Crippen LogP contribution in [0.25, 0.3) is 5.69 Å². The highest BCUT2D eigenvalue weighted by Crippen LogP contribution is 2.17. The minimum Gasteiger partial charge on any atom is -0.494 e. The third-order valence-corrected chi connectivity index (χ3v) is 4.43. The van der Waals surface area contributed by atoms with Gasteiger partial charge in [-0.25, -0.2) is 0 Å². The molecule has 7 nitrogen and oxygen atoms in total. The summed E-state index contributed by atoms with van der Waals surface area (Å²) in [6, 6.07) is 10.4. The van der Waals surface area contributed by atoms with Crippen LogP contribution >= 0.6 is 0 Å². The molecule has 1 aliphatic heterocycles. The lowest BCUT2D eigenvalue weighted by atomic mass is 10.2. The molecule has 0 spiro atoms. The van der Waals surface area contributed by atoms with Crippen LogP contribution in [-0.2, 0) is 0 Å². The smallest absolute Gasteiger partial charge is 0.278 e. The van der Waals surface area contributed by atoms with Crippen molar-refractivity contribution < 1.29 is 9.53 Å². The zero-order chi connectivity index (χ0) is 17.8. The number of piperazine rings is 1. The third-order valence-electron chi connectivity index (χ3n) is 4.43. The van der Waals surface area contributed by atoms with Crippen molar-refractivity contribution >= 4 is 5.91 Å². The number of benzene rings is 1. The highest BCUT2D eigenvalue weighted by atomic mass is 16.5. The Labute approximate surface area is 146 Å². The number of carbonyl (C=O) groups excluding carboxylic acids is 1. The topological polar surface area (TPSA) is 67.7 Å². The Morgan fingerprint density at radius 2 is 1.84 bits per heavy atom. The SMILES string of the molecule is CCN1CCN(C(=O)c2nn(-c3ccccc3)c(=O)cc2OC)CC1. The highest BCUT2D eigenvalue weighted by molar-refractivity contribution is 5.94. The van der Waals surface area contributed by atoms with Crippen LogP contribution in [-0.4, -0.2) is 65.3 Å². The number of amides is 1. The second-order valence-corrected chi connectivity index (χ2v) is 5.87. The van der Waals surface area contributed by atoms with Gasteiger partial charge in [-0.3, -0.25) is 9.59 Å². The number of likely N-dealkylation sites (N-methyl/N-ethyl adjacent to an activating group) is 1. The molecule has 1 aromatic heterocycles. The monoisotopic (exact) mass is 342 g/mol. The van der Waals surface area contributed by atoms with E-state index in [9.17, 15) is 9.59 Å². The summed E-state index contributed by atoms with van der Waals surface area (Å²) in [5, 5.41) is 4.30. The molecular weight excluding hydrogens is 320 g/mol. The van der Waals surface area contributed by atoms with Crippen LogP contribution in [0, 0.1) is 0 Å². The molecule has 132 valence electrons. The van der Waals surface area contributed by atoms with Crippen molar-refractivity contribution in [1.82, 2.24) is 19.6 Å². The summed E-state index contributed by atoms with van der Waals surface area (Å²) in [5.41, 5.74) is 0.436. The first-order valence-electron chi connectivity index (χ1n) is 8.39. The van der Waals surface area contributed by atoms with Crippen molar-refractivity contribution in [3.63, 3.8) is 0 Å². The van der Waals surface area contributed by atoms with Crippen molar-refractivity contribution in [3.8, 4) is 11.4 Å². The molecule has 3 rings (SSSR count). The summed E-state index contributed by atoms with van der Waals surface area (Å²) in [5.74, 6) is -0.00242. The largest absolute Gasteiger partial charge is 0.494 e. The molecule has 0 atom stereocenters. The van der Waals surface area contributed by atoms with Crippen molar-refractivity contribution in [2.45, 2.75) is 6.92 Å². The van der Waals surface area contributed by atoms with Gasteiger partial charge in [0.1, 0.15) is 0 Å². The van der Waals surface area contributed by atoms with Gasteiger partial charge in [0.15, 0.2) is 11.4 Å². The lowest BCUT2D eigenvalue weighted by Gasteiger charge is -2.34. The van der Waals surface area contributed by atoms with Crippen molar-refractivity contribution in [1.29, 1.82) is 0 Å². The summed E-state index contributed by atoms with van der Waals surface area (Å²) in [4.78, 5) is 29.3. The third kappa shape index (κ3) is 3.56. The predicted molar refractivity (Wildman–Crippen MR) is 94.4 cm³/mol. The number of hydrogen-bond donors (Lipinski definition) is 0. The number of carbonyl (C=O) groups is 1. The molecule has 2 heterocycles. The zero-order valence-corrected chi connectivity index (χ0v) is 14.5. The Bertz CT molecular complexity index is 796. The number of nitrogens with zero attached hydrogens (tertiary/aromatic N) is 4. The summed E-state index contributed by atoms with van der Waals surface area (Å²) in [7, 11) is 1.44. The van der Waals surface area contributed by atoms with Crippen LogP contribution in [0.15, 0.2) is 41.2 Å². The Hall–Kier alpha value is -2.67. The van der Waals surface area contributed by atoms with E-state index in [1.54, 1.807) is 17.0 Å². The van der Waals surface area contributed by atoms with Gasteiger partial charge in [-0.1, -0.05) is 25.1 Å². The molecule has 7 heteroatoms. The fourth-order valence-electron chi connectivity index (χ4n) is 2.92. The van der Waals surface area contributed by atoms with Crippen LogP contribution in [0.1, 0.15) is 17.4 Å². The van der Waals surface area contributed by atoms with Gasteiger partial charge in [0.05, 0.1) is 18.9 Å². The van der Waals surface area contributed by atoms with Crippen molar-refractivity contribution in [2.75, 3.05) is 39.8 Å². The molecule has 1 amide bonds. The van der Waals surface area contributed by atoms with E-state index in [-0.39, 0.29) is 22.9 Å².